The summed E-state index contributed by atoms with van der Waals surface area (Å²) in [6, 6.07) is 17.6. The Morgan fingerprint density at radius 3 is 2.71 bits per heavy atom. The standard InChI is InChI=1S/C35H27F4N9O2S/c1-34(22-7-5-19(14-40)11-23(22)36)49-29-4-2-3-25(31(29)50-34)47-10-9-46(27-13-28(27)47)17-30-42-24-8-6-20(32-43-33(45-44-32)35(37,38)39)12-26(24)48(30)16-21-15-41-18-51-21/h2-8,11-12,15,18,27-28H,9-10,13,16-17H2,1H3,(H,43,44,45). The Bertz CT molecular complexity index is 2350. The minimum Gasteiger partial charge on any atom is -0.444 e. The molecule has 3 aromatic heterocycles. The number of benzene rings is 3. The van der Waals surface area contributed by atoms with Crippen LogP contribution in [0.2, 0.25) is 0 Å². The minimum atomic E-state index is -4.63. The Morgan fingerprint density at radius 2 is 1.94 bits per heavy atom. The molecule has 1 saturated carbocycles. The number of imidazole rings is 1. The summed E-state index contributed by atoms with van der Waals surface area (Å²) in [4.78, 5) is 17.3. The van der Waals surface area contributed by atoms with Gasteiger partial charge in [-0.3, -0.25) is 9.88 Å². The topological polar surface area (TPSA) is 121 Å². The third kappa shape index (κ3) is 5.44. The zero-order chi connectivity index (χ0) is 35.1. The lowest BCUT2D eigenvalue weighted by atomic mass is 10.0. The molecule has 1 saturated heterocycles. The molecule has 0 amide bonds. The van der Waals surface area contributed by atoms with Crippen molar-refractivity contribution >= 4 is 28.1 Å². The van der Waals surface area contributed by atoms with Crippen LogP contribution in [-0.2, 0) is 25.1 Å². The number of piperazine rings is 1. The molecule has 1 aliphatic carbocycles. The van der Waals surface area contributed by atoms with Crippen molar-refractivity contribution in [2.75, 3.05) is 18.0 Å². The number of nitrogens with one attached hydrogen (secondary N) is 1. The van der Waals surface area contributed by atoms with E-state index in [4.69, 9.17) is 14.5 Å². The highest BCUT2D eigenvalue weighted by molar-refractivity contribution is 7.09. The lowest BCUT2D eigenvalue weighted by Gasteiger charge is -2.36. The summed E-state index contributed by atoms with van der Waals surface area (Å²) in [5, 5.41) is 16.2. The van der Waals surface area contributed by atoms with Gasteiger partial charge in [0.05, 0.1) is 52.5 Å². The van der Waals surface area contributed by atoms with E-state index in [2.05, 4.69) is 34.5 Å². The second-order valence-electron chi connectivity index (χ2n) is 12.9. The fraction of sp³-hybridized carbons (Fsp3) is 0.286. The lowest BCUT2D eigenvalue weighted by molar-refractivity contribution is -0.144. The quantitative estimate of drug-likeness (QED) is 0.186. The van der Waals surface area contributed by atoms with Crippen molar-refractivity contribution in [2.45, 2.75) is 50.5 Å². The summed E-state index contributed by atoms with van der Waals surface area (Å²) in [7, 11) is 0. The molecule has 0 radical (unpaired) electrons. The highest BCUT2D eigenvalue weighted by atomic mass is 32.1. The van der Waals surface area contributed by atoms with Gasteiger partial charge in [-0.2, -0.15) is 18.4 Å². The molecule has 2 fully saturated rings. The molecule has 3 atom stereocenters. The molecule has 6 aromatic rings. The summed E-state index contributed by atoms with van der Waals surface area (Å²) in [6.07, 6.45) is -1.90. The molecule has 3 unspecified atom stereocenters. The molecule has 3 aromatic carbocycles. The van der Waals surface area contributed by atoms with Crippen molar-refractivity contribution in [3.63, 3.8) is 0 Å². The molecule has 11 nitrogen and oxygen atoms in total. The van der Waals surface area contributed by atoms with E-state index < -0.39 is 23.6 Å². The van der Waals surface area contributed by atoms with Crippen LogP contribution in [0.15, 0.2) is 66.3 Å². The number of alkyl halides is 3. The normalized spacial score (nSPS) is 21.2. The van der Waals surface area contributed by atoms with Crippen molar-refractivity contribution in [2.24, 2.45) is 0 Å². The number of H-pyrrole nitrogens is 1. The third-order valence-corrected chi connectivity index (χ3v) is 10.4. The van der Waals surface area contributed by atoms with Crippen molar-refractivity contribution in [1.82, 2.24) is 34.6 Å². The molecule has 2 aliphatic heterocycles. The van der Waals surface area contributed by atoms with Crippen molar-refractivity contribution < 1.29 is 27.0 Å². The van der Waals surface area contributed by atoms with Crippen LogP contribution in [-0.4, -0.2) is 59.8 Å². The summed E-state index contributed by atoms with van der Waals surface area (Å²) in [5.41, 5.74) is 5.02. The second kappa shape index (κ2) is 11.5. The minimum absolute atomic E-state index is 0.0254. The Balaban J connectivity index is 0.970. The first kappa shape index (κ1) is 31.5. The molecule has 258 valence electrons. The molecule has 0 bridgehead atoms. The van der Waals surface area contributed by atoms with E-state index in [1.807, 2.05) is 24.3 Å². The number of halogens is 4. The number of ether oxygens (including phenoxy) is 2. The van der Waals surface area contributed by atoms with Gasteiger partial charge in [-0.15, -0.1) is 21.5 Å². The number of rotatable bonds is 7. The van der Waals surface area contributed by atoms with Crippen LogP contribution >= 0.6 is 11.3 Å². The maximum atomic E-state index is 15.1. The number of hydrogen-bond donors (Lipinski definition) is 1. The maximum Gasteiger partial charge on any atom is 0.451 e. The van der Waals surface area contributed by atoms with Crippen LogP contribution in [0.5, 0.6) is 11.5 Å². The Morgan fingerprint density at radius 1 is 1.06 bits per heavy atom. The number of thiazole rings is 1. The van der Waals surface area contributed by atoms with Crippen LogP contribution in [0.4, 0.5) is 23.2 Å². The van der Waals surface area contributed by atoms with Crippen LogP contribution < -0.4 is 14.4 Å². The molecule has 9 rings (SSSR count). The van der Waals surface area contributed by atoms with Gasteiger partial charge in [-0.25, -0.2) is 9.37 Å². The summed E-state index contributed by atoms with van der Waals surface area (Å²) < 4.78 is 69.4. The second-order valence-corrected chi connectivity index (χ2v) is 13.9. The van der Waals surface area contributed by atoms with Gasteiger partial charge in [0.1, 0.15) is 11.6 Å². The summed E-state index contributed by atoms with van der Waals surface area (Å²) in [6.45, 7) is 4.19. The highest BCUT2D eigenvalue weighted by Gasteiger charge is 2.51. The zero-order valence-corrected chi connectivity index (χ0v) is 27.7. The average molecular weight is 714 g/mol. The Labute approximate surface area is 291 Å². The van der Waals surface area contributed by atoms with E-state index >= 15 is 4.39 Å². The Kier molecular flexibility index (Phi) is 7.09. The fourth-order valence-electron chi connectivity index (χ4n) is 7.16. The molecular formula is C35H27F4N9O2S. The van der Waals surface area contributed by atoms with Gasteiger partial charge >= 0.3 is 6.18 Å². The third-order valence-electron chi connectivity index (χ3n) is 9.68. The van der Waals surface area contributed by atoms with Crippen molar-refractivity contribution in [3.8, 4) is 29.0 Å². The molecule has 16 heteroatoms. The van der Waals surface area contributed by atoms with E-state index in [9.17, 15) is 18.4 Å². The van der Waals surface area contributed by atoms with E-state index in [1.54, 1.807) is 42.9 Å². The number of para-hydroxylation sites is 1. The molecule has 51 heavy (non-hydrogen) atoms. The van der Waals surface area contributed by atoms with E-state index in [0.29, 0.717) is 36.7 Å². The number of aromatic amines is 1. The number of fused-ring (bicyclic) bond motifs is 3. The zero-order valence-electron chi connectivity index (χ0n) is 26.9. The SMILES string of the molecule is CC1(c2ccc(C#N)cc2F)Oc2cccc(N3CCN(Cc4nc5ccc(-c6nnc(C(F)(F)F)[nH]6)cc5n4Cc4cncs4)C4CC43)c2O1. The molecule has 0 spiro atoms. The number of aromatic nitrogens is 6. The van der Waals surface area contributed by atoms with E-state index in [-0.39, 0.29) is 29.0 Å². The predicted molar refractivity (Wildman–Crippen MR) is 177 cm³/mol. The smallest absolute Gasteiger partial charge is 0.444 e. The van der Waals surface area contributed by atoms with Crippen LogP contribution in [0, 0.1) is 17.1 Å². The first-order valence-electron chi connectivity index (χ1n) is 16.2. The maximum absolute atomic E-state index is 15.1. The Hall–Kier alpha value is -5.53. The van der Waals surface area contributed by atoms with Gasteiger partial charge in [0.25, 0.3) is 5.79 Å². The van der Waals surface area contributed by atoms with Gasteiger partial charge < -0.3 is 23.9 Å². The van der Waals surface area contributed by atoms with Crippen molar-refractivity contribution in [1.29, 1.82) is 5.26 Å². The van der Waals surface area contributed by atoms with Gasteiger partial charge in [0, 0.05) is 48.7 Å². The number of hydrogen-bond acceptors (Lipinski definition) is 10. The molecule has 1 N–H and O–H groups in total. The largest absolute Gasteiger partial charge is 0.451 e. The number of nitrogens with zero attached hydrogens (tertiary/aromatic N) is 8. The predicted octanol–water partition coefficient (Wildman–Crippen LogP) is 6.46. The summed E-state index contributed by atoms with van der Waals surface area (Å²) in [5.74, 6) is -1.19. The average Bonchev–Trinajstić information content (AvgIpc) is 3.49. The molecule has 5 heterocycles. The number of anilines is 1. The van der Waals surface area contributed by atoms with Crippen LogP contribution in [0.3, 0.4) is 0 Å². The van der Waals surface area contributed by atoms with Gasteiger partial charge in [-0.1, -0.05) is 6.07 Å². The van der Waals surface area contributed by atoms with Gasteiger partial charge in [0.2, 0.25) is 5.82 Å². The van der Waals surface area contributed by atoms with Gasteiger partial charge in [0.15, 0.2) is 17.3 Å². The van der Waals surface area contributed by atoms with E-state index in [0.717, 1.165) is 40.4 Å². The lowest BCUT2D eigenvalue weighted by Crippen LogP contribution is -2.46. The van der Waals surface area contributed by atoms with Crippen molar-refractivity contribution in [3.05, 3.63) is 99.8 Å². The van der Waals surface area contributed by atoms with Gasteiger partial charge in [-0.05, 0) is 55.0 Å². The molecule has 3 aliphatic rings. The first-order valence-corrected chi connectivity index (χ1v) is 17.0. The number of nitriles is 1. The first-order chi connectivity index (χ1) is 24.6. The summed E-state index contributed by atoms with van der Waals surface area (Å²) >= 11 is 1.52. The fourth-order valence-corrected chi connectivity index (χ4v) is 7.74. The van der Waals surface area contributed by atoms with Crippen LogP contribution in [0.25, 0.3) is 22.4 Å². The van der Waals surface area contributed by atoms with E-state index in [1.165, 1.54) is 23.5 Å². The molecular weight excluding hydrogens is 687 g/mol. The monoisotopic (exact) mass is 713 g/mol. The highest BCUT2D eigenvalue weighted by Crippen LogP contribution is 2.52. The van der Waals surface area contributed by atoms with Crippen LogP contribution in [0.1, 0.15) is 41.0 Å².